The van der Waals surface area contributed by atoms with Gasteiger partial charge >= 0.3 is 12.4 Å². The van der Waals surface area contributed by atoms with E-state index < -0.39 is 28.9 Å². The number of hydrogen-bond donors (Lipinski definition) is 0. The van der Waals surface area contributed by atoms with Crippen LogP contribution in [0.1, 0.15) is 16.7 Å². The van der Waals surface area contributed by atoms with Crippen molar-refractivity contribution in [2.24, 2.45) is 0 Å². The monoisotopic (exact) mass is 318 g/mol. The molecule has 0 spiro atoms. The Hall–Kier alpha value is -1.98. The van der Waals surface area contributed by atoms with Crippen LogP contribution in [-0.2, 0) is 5.41 Å². The first-order valence-electron chi connectivity index (χ1n) is 6.37. The molecule has 22 heavy (non-hydrogen) atoms. The lowest BCUT2D eigenvalue weighted by Crippen LogP contribution is -2.55. The van der Waals surface area contributed by atoms with E-state index in [1.54, 1.807) is 0 Å². The van der Waals surface area contributed by atoms with Crippen LogP contribution in [0.5, 0.6) is 0 Å². The molecule has 0 saturated carbocycles. The average Bonchev–Trinajstić information content (AvgIpc) is 2.40. The molecule has 6 heteroatoms. The van der Waals surface area contributed by atoms with E-state index in [0.29, 0.717) is 0 Å². The Morgan fingerprint density at radius 3 is 1.55 bits per heavy atom. The van der Waals surface area contributed by atoms with E-state index in [1.165, 1.54) is 43.3 Å². The van der Waals surface area contributed by atoms with Gasteiger partial charge in [-0.15, -0.1) is 0 Å². The van der Waals surface area contributed by atoms with Gasteiger partial charge in [-0.25, -0.2) is 0 Å². The predicted octanol–water partition coefficient (Wildman–Crippen LogP) is 5.41. The zero-order valence-electron chi connectivity index (χ0n) is 11.5. The molecule has 0 nitrogen and oxygen atoms in total. The SMILES string of the molecule is Cc1ccccc1C(c1ccccc1)(C(F)(F)F)C(F)(F)F. The number of hydrogen-bond acceptors (Lipinski definition) is 0. The number of alkyl halides is 6. The first kappa shape index (κ1) is 16.4. The summed E-state index contributed by atoms with van der Waals surface area (Å²) in [5, 5.41) is 0. The van der Waals surface area contributed by atoms with E-state index in [1.807, 2.05) is 0 Å². The molecule has 2 rings (SSSR count). The summed E-state index contributed by atoms with van der Waals surface area (Å²) in [6, 6.07) is 10.1. The number of halogens is 6. The molecular formula is C16H12F6. The van der Waals surface area contributed by atoms with E-state index in [0.717, 1.165) is 18.2 Å². The zero-order chi connectivity index (χ0) is 16.6. The first-order chi connectivity index (χ1) is 10.1. The van der Waals surface area contributed by atoms with Crippen LogP contribution in [0.25, 0.3) is 0 Å². The van der Waals surface area contributed by atoms with Crippen molar-refractivity contribution in [1.82, 2.24) is 0 Å². The summed E-state index contributed by atoms with van der Waals surface area (Å²) in [7, 11) is 0. The van der Waals surface area contributed by atoms with Crippen molar-refractivity contribution in [2.45, 2.75) is 24.7 Å². The molecule has 0 saturated heterocycles. The van der Waals surface area contributed by atoms with Gasteiger partial charge in [-0.1, -0.05) is 54.6 Å². The Morgan fingerprint density at radius 2 is 1.09 bits per heavy atom. The molecule has 0 bridgehead atoms. The number of benzene rings is 2. The van der Waals surface area contributed by atoms with Crippen LogP contribution < -0.4 is 0 Å². The minimum absolute atomic E-state index is 0.0685. The second kappa shape index (κ2) is 5.34. The third-order valence-electron chi connectivity index (χ3n) is 3.61. The van der Waals surface area contributed by atoms with Gasteiger partial charge in [-0.3, -0.25) is 0 Å². The predicted molar refractivity (Wildman–Crippen MR) is 70.5 cm³/mol. The fourth-order valence-electron chi connectivity index (χ4n) is 2.63. The molecule has 0 N–H and O–H groups in total. The molecule has 0 fully saturated rings. The summed E-state index contributed by atoms with van der Waals surface area (Å²) < 4.78 is 82.2. The molecule has 0 aromatic heterocycles. The topological polar surface area (TPSA) is 0 Å². The Bertz CT molecular complexity index is 626. The van der Waals surface area contributed by atoms with Crippen LogP contribution in [0.2, 0.25) is 0 Å². The van der Waals surface area contributed by atoms with Crippen LogP contribution in [0, 0.1) is 6.92 Å². The minimum atomic E-state index is -5.53. The molecule has 2 aromatic rings. The second-order valence-electron chi connectivity index (χ2n) is 4.93. The highest BCUT2D eigenvalue weighted by Crippen LogP contribution is 2.56. The fourth-order valence-corrected chi connectivity index (χ4v) is 2.63. The average molecular weight is 318 g/mol. The Kier molecular flexibility index (Phi) is 3.98. The van der Waals surface area contributed by atoms with E-state index in [-0.39, 0.29) is 5.56 Å². The summed E-state index contributed by atoms with van der Waals surface area (Å²) >= 11 is 0. The van der Waals surface area contributed by atoms with Gasteiger partial charge in [0.05, 0.1) is 0 Å². The van der Waals surface area contributed by atoms with Crippen molar-refractivity contribution in [3.8, 4) is 0 Å². The summed E-state index contributed by atoms with van der Waals surface area (Å²) in [6.45, 7) is 1.24. The van der Waals surface area contributed by atoms with Gasteiger partial charge in [0.1, 0.15) is 0 Å². The van der Waals surface area contributed by atoms with Gasteiger partial charge < -0.3 is 0 Å². The van der Waals surface area contributed by atoms with Crippen LogP contribution in [0.3, 0.4) is 0 Å². The smallest absolute Gasteiger partial charge is 0.169 e. The highest BCUT2D eigenvalue weighted by Gasteiger charge is 2.72. The van der Waals surface area contributed by atoms with Gasteiger partial charge in [0.2, 0.25) is 5.41 Å². The molecule has 0 aliphatic rings. The largest absolute Gasteiger partial charge is 0.411 e. The van der Waals surface area contributed by atoms with Crippen molar-refractivity contribution in [3.05, 3.63) is 71.3 Å². The van der Waals surface area contributed by atoms with Crippen molar-refractivity contribution >= 4 is 0 Å². The molecular weight excluding hydrogens is 306 g/mol. The Labute approximate surface area is 123 Å². The van der Waals surface area contributed by atoms with Crippen LogP contribution in [0.15, 0.2) is 54.6 Å². The van der Waals surface area contributed by atoms with Crippen molar-refractivity contribution < 1.29 is 26.3 Å². The van der Waals surface area contributed by atoms with Gasteiger partial charge in [0, 0.05) is 0 Å². The van der Waals surface area contributed by atoms with Crippen LogP contribution in [-0.4, -0.2) is 12.4 Å². The van der Waals surface area contributed by atoms with Gasteiger partial charge in [-0.2, -0.15) is 26.3 Å². The molecule has 2 aromatic carbocycles. The maximum absolute atomic E-state index is 13.7. The van der Waals surface area contributed by atoms with E-state index in [2.05, 4.69) is 0 Å². The fraction of sp³-hybridized carbons (Fsp3) is 0.250. The molecule has 0 aliphatic carbocycles. The lowest BCUT2D eigenvalue weighted by atomic mass is 9.71. The lowest BCUT2D eigenvalue weighted by Gasteiger charge is -2.39. The van der Waals surface area contributed by atoms with Gasteiger partial charge in [0.15, 0.2) is 0 Å². The van der Waals surface area contributed by atoms with E-state index in [9.17, 15) is 26.3 Å². The highest BCUT2D eigenvalue weighted by atomic mass is 19.4. The third kappa shape index (κ3) is 2.36. The highest BCUT2D eigenvalue weighted by molar-refractivity contribution is 5.47. The standard InChI is InChI=1S/C16H12F6/c1-11-7-5-6-10-13(11)14(15(17,18)19,16(20,21)22)12-8-3-2-4-9-12/h2-10H,1H3. The molecule has 0 radical (unpaired) electrons. The van der Waals surface area contributed by atoms with E-state index >= 15 is 0 Å². The molecule has 0 heterocycles. The van der Waals surface area contributed by atoms with Gasteiger partial charge in [-0.05, 0) is 23.6 Å². The Balaban J connectivity index is 2.94. The van der Waals surface area contributed by atoms with Crippen molar-refractivity contribution in [1.29, 1.82) is 0 Å². The van der Waals surface area contributed by atoms with Crippen LogP contribution in [0.4, 0.5) is 26.3 Å². The number of aryl methyl sites for hydroxylation is 1. The lowest BCUT2D eigenvalue weighted by molar-refractivity contribution is -0.288. The molecule has 0 amide bonds. The summed E-state index contributed by atoms with van der Waals surface area (Å²) in [5.74, 6) is 0. The summed E-state index contributed by atoms with van der Waals surface area (Å²) in [4.78, 5) is 0. The maximum Gasteiger partial charge on any atom is 0.411 e. The third-order valence-corrected chi connectivity index (χ3v) is 3.61. The van der Waals surface area contributed by atoms with Crippen LogP contribution >= 0.6 is 0 Å². The Morgan fingerprint density at radius 1 is 0.636 bits per heavy atom. The van der Waals surface area contributed by atoms with E-state index in [4.69, 9.17) is 0 Å². The first-order valence-corrected chi connectivity index (χ1v) is 6.37. The molecule has 0 aliphatic heterocycles. The van der Waals surface area contributed by atoms with Crippen molar-refractivity contribution in [2.75, 3.05) is 0 Å². The number of rotatable bonds is 2. The minimum Gasteiger partial charge on any atom is -0.169 e. The van der Waals surface area contributed by atoms with Crippen molar-refractivity contribution in [3.63, 3.8) is 0 Å². The summed E-state index contributed by atoms with van der Waals surface area (Å²) in [6.07, 6.45) is -11.1. The molecule has 0 unspecified atom stereocenters. The zero-order valence-corrected chi connectivity index (χ0v) is 11.5. The summed E-state index contributed by atoms with van der Waals surface area (Å²) in [5.41, 5.74) is -5.77. The maximum atomic E-state index is 13.7. The normalized spacial score (nSPS) is 13.2. The molecule has 0 atom stereocenters. The molecule has 118 valence electrons. The quantitative estimate of drug-likeness (QED) is 0.650. The second-order valence-corrected chi connectivity index (χ2v) is 4.93. The van der Waals surface area contributed by atoms with Gasteiger partial charge in [0.25, 0.3) is 0 Å².